The van der Waals surface area contributed by atoms with E-state index in [2.05, 4.69) is 24.3 Å². The average Bonchev–Trinajstić information content (AvgIpc) is 2.69. The monoisotopic (exact) mass is 216 g/mol. The summed E-state index contributed by atoms with van der Waals surface area (Å²) in [5.74, 6) is 0. The second kappa shape index (κ2) is 3.72. The third-order valence-electron chi connectivity index (χ3n) is 3.80. The minimum atomic E-state index is 0.125. The summed E-state index contributed by atoms with van der Waals surface area (Å²) in [6, 6.07) is 6.27. The lowest BCUT2D eigenvalue weighted by Gasteiger charge is -2.33. The largest absolute Gasteiger partial charge is 0.392 e. The molecule has 16 heavy (non-hydrogen) atoms. The molecule has 0 atom stereocenters. The normalized spacial score (nSPS) is 21.3. The molecule has 0 unspecified atom stereocenters. The summed E-state index contributed by atoms with van der Waals surface area (Å²) < 4.78 is 5.44. The zero-order valence-electron chi connectivity index (χ0n) is 9.28. The van der Waals surface area contributed by atoms with Crippen LogP contribution in [0.25, 0.3) is 6.08 Å². The van der Waals surface area contributed by atoms with Crippen LogP contribution in [-0.2, 0) is 16.8 Å². The molecule has 2 aliphatic rings. The maximum absolute atomic E-state index is 9.21. The van der Waals surface area contributed by atoms with E-state index in [1.807, 2.05) is 6.07 Å². The van der Waals surface area contributed by atoms with Crippen LogP contribution in [0.4, 0.5) is 0 Å². The topological polar surface area (TPSA) is 29.5 Å². The van der Waals surface area contributed by atoms with E-state index in [-0.39, 0.29) is 12.0 Å². The lowest BCUT2D eigenvalue weighted by atomic mass is 9.76. The van der Waals surface area contributed by atoms with Gasteiger partial charge < -0.3 is 9.84 Å². The second-order valence-corrected chi connectivity index (χ2v) is 4.68. The quantitative estimate of drug-likeness (QED) is 0.780. The third kappa shape index (κ3) is 1.41. The van der Waals surface area contributed by atoms with Gasteiger partial charge in [0, 0.05) is 18.6 Å². The summed E-state index contributed by atoms with van der Waals surface area (Å²) >= 11 is 0. The van der Waals surface area contributed by atoms with Crippen LogP contribution in [0, 0.1) is 0 Å². The Bertz CT molecular complexity index is 428. The number of aliphatic hydroxyl groups is 1. The van der Waals surface area contributed by atoms with Gasteiger partial charge in [0.15, 0.2) is 0 Å². The molecule has 1 spiro atoms. The zero-order chi connectivity index (χ0) is 11.0. The first-order valence-electron chi connectivity index (χ1n) is 5.85. The maximum atomic E-state index is 9.21. The highest BCUT2D eigenvalue weighted by molar-refractivity contribution is 5.66. The molecule has 0 aromatic heterocycles. The fourth-order valence-corrected chi connectivity index (χ4v) is 2.79. The Labute approximate surface area is 95.6 Å². The highest BCUT2D eigenvalue weighted by Crippen LogP contribution is 2.43. The Morgan fingerprint density at radius 3 is 2.81 bits per heavy atom. The van der Waals surface area contributed by atoms with Gasteiger partial charge in [0.2, 0.25) is 0 Å². The first-order chi connectivity index (χ1) is 7.84. The van der Waals surface area contributed by atoms with Gasteiger partial charge in [-0.05, 0) is 29.5 Å². The van der Waals surface area contributed by atoms with Gasteiger partial charge in [-0.15, -0.1) is 0 Å². The van der Waals surface area contributed by atoms with E-state index in [1.165, 1.54) is 11.1 Å². The number of fused-ring (bicyclic) bond motifs is 2. The van der Waals surface area contributed by atoms with Crippen molar-refractivity contribution >= 4 is 6.08 Å². The molecule has 0 amide bonds. The fourth-order valence-electron chi connectivity index (χ4n) is 2.79. The predicted octanol–water partition coefficient (Wildman–Crippen LogP) is 2.25. The van der Waals surface area contributed by atoms with Gasteiger partial charge in [0.05, 0.1) is 6.61 Å². The Morgan fingerprint density at radius 1 is 1.25 bits per heavy atom. The Kier molecular flexibility index (Phi) is 2.34. The zero-order valence-corrected chi connectivity index (χ0v) is 9.28. The molecule has 1 aromatic rings. The molecule has 0 bridgehead atoms. The molecule has 1 fully saturated rings. The van der Waals surface area contributed by atoms with Crippen LogP contribution in [0.5, 0.6) is 0 Å². The van der Waals surface area contributed by atoms with Gasteiger partial charge in [-0.1, -0.05) is 30.4 Å². The molecule has 2 nitrogen and oxygen atoms in total. The van der Waals surface area contributed by atoms with Gasteiger partial charge in [-0.2, -0.15) is 0 Å². The fraction of sp³-hybridized carbons (Fsp3) is 0.429. The van der Waals surface area contributed by atoms with Crippen molar-refractivity contribution in [1.29, 1.82) is 0 Å². The first kappa shape index (κ1) is 10.1. The van der Waals surface area contributed by atoms with Crippen LogP contribution < -0.4 is 0 Å². The average molecular weight is 216 g/mol. The number of hydrogen-bond donors (Lipinski definition) is 1. The Hall–Kier alpha value is -1.12. The second-order valence-electron chi connectivity index (χ2n) is 4.68. The molecule has 1 N–H and O–H groups in total. The number of benzene rings is 1. The molecule has 2 heteroatoms. The van der Waals surface area contributed by atoms with Gasteiger partial charge in [0.1, 0.15) is 0 Å². The number of hydrogen-bond acceptors (Lipinski definition) is 2. The van der Waals surface area contributed by atoms with E-state index in [0.29, 0.717) is 0 Å². The van der Waals surface area contributed by atoms with Crippen LogP contribution in [-0.4, -0.2) is 18.3 Å². The van der Waals surface area contributed by atoms with Crippen LogP contribution in [0.1, 0.15) is 29.5 Å². The third-order valence-corrected chi connectivity index (χ3v) is 3.80. The molecule has 1 aromatic carbocycles. The summed E-state index contributed by atoms with van der Waals surface area (Å²) in [6.07, 6.45) is 6.65. The van der Waals surface area contributed by atoms with Gasteiger partial charge >= 0.3 is 0 Å². The molecule has 0 saturated carbocycles. The number of ether oxygens (including phenoxy) is 1. The van der Waals surface area contributed by atoms with Crippen molar-refractivity contribution in [2.75, 3.05) is 13.2 Å². The van der Waals surface area contributed by atoms with Crippen molar-refractivity contribution in [2.24, 2.45) is 0 Å². The van der Waals surface area contributed by atoms with E-state index >= 15 is 0 Å². The summed E-state index contributed by atoms with van der Waals surface area (Å²) in [6.45, 7) is 1.81. The highest BCUT2D eigenvalue weighted by atomic mass is 16.5. The van der Waals surface area contributed by atoms with Crippen molar-refractivity contribution in [3.63, 3.8) is 0 Å². The molecule has 84 valence electrons. The van der Waals surface area contributed by atoms with E-state index in [9.17, 15) is 5.11 Å². The first-order valence-corrected chi connectivity index (χ1v) is 5.85. The minimum Gasteiger partial charge on any atom is -0.392 e. The van der Waals surface area contributed by atoms with Crippen LogP contribution >= 0.6 is 0 Å². The molecular formula is C14H16O2. The van der Waals surface area contributed by atoms with E-state index in [0.717, 1.165) is 31.6 Å². The van der Waals surface area contributed by atoms with Gasteiger partial charge in [-0.3, -0.25) is 0 Å². The number of rotatable bonds is 1. The summed E-state index contributed by atoms with van der Waals surface area (Å²) in [4.78, 5) is 0. The Morgan fingerprint density at radius 2 is 2.06 bits per heavy atom. The van der Waals surface area contributed by atoms with E-state index in [4.69, 9.17) is 4.74 Å². The molecule has 1 heterocycles. The SMILES string of the molecule is OCc1ccc2c(c1)C1(C=C2)CCOCC1. The standard InChI is InChI=1S/C14H16O2/c15-10-11-1-2-12-3-4-14(13(12)9-11)5-7-16-8-6-14/h1-4,9,15H,5-8,10H2. The lowest BCUT2D eigenvalue weighted by molar-refractivity contribution is 0.0662. The molecule has 1 saturated heterocycles. The van der Waals surface area contributed by atoms with Crippen molar-refractivity contribution in [3.05, 3.63) is 41.0 Å². The lowest BCUT2D eigenvalue weighted by Crippen LogP contribution is -2.30. The van der Waals surface area contributed by atoms with Crippen molar-refractivity contribution < 1.29 is 9.84 Å². The highest BCUT2D eigenvalue weighted by Gasteiger charge is 2.36. The molecule has 3 rings (SSSR count). The van der Waals surface area contributed by atoms with Crippen molar-refractivity contribution in [1.82, 2.24) is 0 Å². The van der Waals surface area contributed by atoms with Crippen molar-refractivity contribution in [3.8, 4) is 0 Å². The molecule has 1 aliphatic heterocycles. The molecule has 1 aliphatic carbocycles. The van der Waals surface area contributed by atoms with Crippen LogP contribution in [0.3, 0.4) is 0 Å². The van der Waals surface area contributed by atoms with Gasteiger partial charge in [-0.25, -0.2) is 0 Å². The van der Waals surface area contributed by atoms with Gasteiger partial charge in [0.25, 0.3) is 0 Å². The molecular weight excluding hydrogens is 200 g/mol. The summed E-state index contributed by atoms with van der Waals surface area (Å²) in [5.41, 5.74) is 3.87. The molecule has 0 radical (unpaired) electrons. The maximum Gasteiger partial charge on any atom is 0.0681 e. The summed E-state index contributed by atoms with van der Waals surface area (Å²) in [5, 5.41) is 9.21. The van der Waals surface area contributed by atoms with Crippen molar-refractivity contribution in [2.45, 2.75) is 24.9 Å². The number of aliphatic hydroxyl groups excluding tert-OH is 1. The number of allylic oxidation sites excluding steroid dienone is 1. The van der Waals surface area contributed by atoms with Crippen LogP contribution in [0.15, 0.2) is 24.3 Å². The van der Waals surface area contributed by atoms with Crippen LogP contribution in [0.2, 0.25) is 0 Å². The summed E-state index contributed by atoms with van der Waals surface area (Å²) in [7, 11) is 0. The van der Waals surface area contributed by atoms with E-state index < -0.39 is 0 Å². The minimum absolute atomic E-state index is 0.125. The smallest absolute Gasteiger partial charge is 0.0681 e. The van der Waals surface area contributed by atoms with E-state index in [1.54, 1.807) is 0 Å². The predicted molar refractivity (Wildman–Crippen MR) is 63.1 cm³/mol. The Balaban J connectivity index is 2.05.